The lowest BCUT2D eigenvalue weighted by Gasteiger charge is -2.20. The highest BCUT2D eigenvalue weighted by atomic mass is 16.7. The van der Waals surface area contributed by atoms with Crippen molar-refractivity contribution in [2.75, 3.05) is 6.79 Å². The topological polar surface area (TPSA) is 86.5 Å². The van der Waals surface area contributed by atoms with Gasteiger partial charge in [0.25, 0.3) is 0 Å². The first-order valence-electron chi connectivity index (χ1n) is 8.73. The van der Waals surface area contributed by atoms with Gasteiger partial charge in [-0.2, -0.15) is 0 Å². The number of aryl methyl sites for hydroxylation is 1. The zero-order valence-electron chi connectivity index (χ0n) is 14.7. The number of ether oxygens (including phenoxy) is 2. The number of amides is 1. The van der Waals surface area contributed by atoms with Crippen LogP contribution in [-0.4, -0.2) is 22.8 Å². The molecule has 1 aromatic carbocycles. The second kappa shape index (κ2) is 8.01. The van der Waals surface area contributed by atoms with Crippen LogP contribution in [0.4, 0.5) is 0 Å². The number of fused-ring (bicyclic) bond motifs is 1. The summed E-state index contributed by atoms with van der Waals surface area (Å²) in [6, 6.07) is 11.4. The van der Waals surface area contributed by atoms with Crippen molar-refractivity contribution < 1.29 is 18.8 Å². The van der Waals surface area contributed by atoms with Crippen LogP contribution in [0.2, 0.25) is 0 Å². The first kappa shape index (κ1) is 17.2. The molecular weight excluding hydrogens is 346 g/mol. The van der Waals surface area contributed by atoms with Crippen LogP contribution in [0.1, 0.15) is 23.3 Å². The summed E-state index contributed by atoms with van der Waals surface area (Å²) < 4.78 is 16.1. The molecule has 4 rings (SSSR count). The number of carbonyl (C=O) groups is 1. The summed E-state index contributed by atoms with van der Waals surface area (Å²) >= 11 is 0. The maximum Gasteiger partial charge on any atom is 0.220 e. The number of carbonyl (C=O) groups excluding carboxylic acids is 1. The maximum atomic E-state index is 12.2. The second-order valence-corrected chi connectivity index (χ2v) is 6.20. The minimum absolute atomic E-state index is 0.0513. The Kier molecular flexibility index (Phi) is 5.11. The fourth-order valence-electron chi connectivity index (χ4n) is 2.96. The number of nitrogens with zero attached hydrogens (tertiary/aromatic N) is 2. The summed E-state index contributed by atoms with van der Waals surface area (Å²) in [7, 11) is 0. The molecule has 0 radical (unpaired) electrons. The van der Waals surface area contributed by atoms with Gasteiger partial charge in [0.2, 0.25) is 5.91 Å². The average molecular weight is 365 g/mol. The van der Waals surface area contributed by atoms with Crippen LogP contribution in [0.5, 0.6) is 5.75 Å². The Labute approximate surface area is 156 Å². The van der Waals surface area contributed by atoms with Crippen LogP contribution in [0.25, 0.3) is 11.3 Å². The van der Waals surface area contributed by atoms with Gasteiger partial charge in [0.1, 0.15) is 11.4 Å². The van der Waals surface area contributed by atoms with Gasteiger partial charge in [0.15, 0.2) is 12.6 Å². The third kappa shape index (κ3) is 4.15. The fourth-order valence-corrected chi connectivity index (χ4v) is 2.96. The van der Waals surface area contributed by atoms with Crippen molar-refractivity contribution in [1.29, 1.82) is 0 Å². The summed E-state index contributed by atoms with van der Waals surface area (Å²) in [6.45, 7) is 1.09. The first-order valence-corrected chi connectivity index (χ1v) is 8.73. The second-order valence-electron chi connectivity index (χ2n) is 6.20. The molecule has 7 nitrogen and oxygen atoms in total. The summed E-state index contributed by atoms with van der Waals surface area (Å²) in [5.74, 6) is 1.38. The molecule has 1 aliphatic heterocycles. The molecule has 1 N–H and O–H groups in total. The van der Waals surface area contributed by atoms with E-state index in [1.807, 2.05) is 30.3 Å². The molecule has 0 atom stereocenters. The summed E-state index contributed by atoms with van der Waals surface area (Å²) in [4.78, 5) is 16.2. The number of hydrogen-bond donors (Lipinski definition) is 1. The van der Waals surface area contributed by atoms with Crippen LogP contribution in [-0.2, 0) is 29.1 Å². The Hall–Kier alpha value is -3.19. The standard InChI is InChI=1S/C20H19N3O4/c24-20(7-6-14-3-1-5-19-17(14)12-25-13-26-19)22-11-16-9-18(23-27-16)15-4-2-8-21-10-15/h1-5,8-10H,6-7,11-13H2,(H,22,24). The first-order chi connectivity index (χ1) is 13.3. The fraction of sp³-hybridized carbons (Fsp3) is 0.250. The van der Waals surface area contributed by atoms with Gasteiger partial charge < -0.3 is 19.3 Å². The molecule has 0 saturated heterocycles. The van der Waals surface area contributed by atoms with Gasteiger partial charge in [0, 0.05) is 36.0 Å². The number of benzene rings is 1. The van der Waals surface area contributed by atoms with E-state index in [-0.39, 0.29) is 12.7 Å². The van der Waals surface area contributed by atoms with Crippen LogP contribution in [0, 0.1) is 0 Å². The number of aromatic nitrogens is 2. The minimum Gasteiger partial charge on any atom is -0.467 e. The number of hydrogen-bond acceptors (Lipinski definition) is 6. The largest absolute Gasteiger partial charge is 0.467 e. The van der Waals surface area contributed by atoms with Gasteiger partial charge in [-0.25, -0.2) is 0 Å². The predicted molar refractivity (Wildman–Crippen MR) is 96.6 cm³/mol. The maximum absolute atomic E-state index is 12.2. The van der Waals surface area contributed by atoms with Crippen molar-refractivity contribution in [3.8, 4) is 17.0 Å². The molecule has 0 fully saturated rings. The third-order valence-corrected chi connectivity index (χ3v) is 4.37. The van der Waals surface area contributed by atoms with E-state index in [0.29, 0.717) is 37.4 Å². The molecule has 1 aliphatic rings. The Morgan fingerprint density at radius 3 is 3.07 bits per heavy atom. The van der Waals surface area contributed by atoms with E-state index in [1.165, 1.54) is 0 Å². The molecule has 0 aliphatic carbocycles. The smallest absolute Gasteiger partial charge is 0.220 e. The van der Waals surface area contributed by atoms with E-state index in [2.05, 4.69) is 15.5 Å². The van der Waals surface area contributed by atoms with Crippen molar-refractivity contribution in [3.63, 3.8) is 0 Å². The van der Waals surface area contributed by atoms with Crippen molar-refractivity contribution in [2.24, 2.45) is 0 Å². The Balaban J connectivity index is 1.30. The van der Waals surface area contributed by atoms with E-state index < -0.39 is 0 Å². The van der Waals surface area contributed by atoms with Crippen molar-refractivity contribution in [3.05, 3.63) is 65.7 Å². The summed E-state index contributed by atoms with van der Waals surface area (Å²) in [5, 5.41) is 6.88. The van der Waals surface area contributed by atoms with Crippen LogP contribution < -0.4 is 10.1 Å². The SMILES string of the molecule is O=C(CCc1cccc2c1COCO2)NCc1cc(-c2cccnc2)no1. The van der Waals surface area contributed by atoms with Gasteiger partial charge in [-0.05, 0) is 30.2 Å². The van der Waals surface area contributed by atoms with Gasteiger partial charge in [-0.1, -0.05) is 17.3 Å². The predicted octanol–water partition coefficient (Wildman–Crippen LogP) is 2.85. The van der Waals surface area contributed by atoms with Gasteiger partial charge in [0.05, 0.1) is 13.2 Å². The summed E-state index contributed by atoms with van der Waals surface area (Å²) in [6.07, 6.45) is 4.42. The Morgan fingerprint density at radius 2 is 2.19 bits per heavy atom. The lowest BCUT2D eigenvalue weighted by atomic mass is 10.0. The van der Waals surface area contributed by atoms with Crippen molar-refractivity contribution in [1.82, 2.24) is 15.5 Å². The monoisotopic (exact) mass is 365 g/mol. The van der Waals surface area contributed by atoms with E-state index in [1.54, 1.807) is 18.5 Å². The molecule has 1 amide bonds. The minimum atomic E-state index is -0.0513. The molecule has 0 spiro atoms. The summed E-state index contributed by atoms with van der Waals surface area (Å²) in [5.41, 5.74) is 3.66. The number of pyridine rings is 1. The Bertz CT molecular complexity index is 924. The molecule has 2 aromatic heterocycles. The van der Waals surface area contributed by atoms with Crippen molar-refractivity contribution >= 4 is 5.91 Å². The quantitative estimate of drug-likeness (QED) is 0.723. The number of rotatable bonds is 6. The zero-order valence-corrected chi connectivity index (χ0v) is 14.7. The molecule has 0 saturated carbocycles. The molecule has 3 heterocycles. The lowest BCUT2D eigenvalue weighted by Crippen LogP contribution is -2.23. The molecule has 27 heavy (non-hydrogen) atoms. The van der Waals surface area contributed by atoms with Crippen molar-refractivity contribution in [2.45, 2.75) is 26.0 Å². The van der Waals surface area contributed by atoms with Crippen LogP contribution in [0.3, 0.4) is 0 Å². The highest BCUT2D eigenvalue weighted by Crippen LogP contribution is 2.27. The van der Waals surface area contributed by atoms with E-state index in [4.69, 9.17) is 14.0 Å². The highest BCUT2D eigenvalue weighted by molar-refractivity contribution is 5.76. The zero-order chi connectivity index (χ0) is 18.5. The lowest BCUT2D eigenvalue weighted by molar-refractivity contribution is -0.121. The van der Waals surface area contributed by atoms with E-state index in [0.717, 1.165) is 22.4 Å². The molecular formula is C20H19N3O4. The highest BCUT2D eigenvalue weighted by Gasteiger charge is 2.15. The average Bonchev–Trinajstić information content (AvgIpc) is 3.20. The van der Waals surface area contributed by atoms with Crippen LogP contribution >= 0.6 is 0 Å². The van der Waals surface area contributed by atoms with Gasteiger partial charge >= 0.3 is 0 Å². The van der Waals surface area contributed by atoms with Crippen LogP contribution in [0.15, 0.2) is 53.3 Å². The molecule has 7 heteroatoms. The molecule has 0 unspecified atom stereocenters. The molecule has 3 aromatic rings. The van der Waals surface area contributed by atoms with Gasteiger partial charge in [-0.15, -0.1) is 0 Å². The van der Waals surface area contributed by atoms with E-state index >= 15 is 0 Å². The third-order valence-electron chi connectivity index (χ3n) is 4.37. The normalized spacial score (nSPS) is 12.9. The van der Waals surface area contributed by atoms with Gasteiger partial charge in [-0.3, -0.25) is 9.78 Å². The Morgan fingerprint density at radius 1 is 1.22 bits per heavy atom. The molecule has 0 bridgehead atoms. The number of nitrogens with one attached hydrogen (secondary N) is 1. The van der Waals surface area contributed by atoms with E-state index in [9.17, 15) is 4.79 Å². The molecule has 138 valence electrons.